The van der Waals surface area contributed by atoms with Gasteiger partial charge in [0.15, 0.2) is 15.8 Å². The number of nitrogens with zero attached hydrogens (tertiary/aromatic N) is 1. The van der Waals surface area contributed by atoms with E-state index in [1.807, 2.05) is 49.4 Å². The first-order valence-corrected chi connectivity index (χ1v) is 11.2. The minimum Gasteiger partial charge on any atom is -0.384 e. The Morgan fingerprint density at radius 3 is 2.29 bits per heavy atom. The van der Waals surface area contributed by atoms with E-state index in [4.69, 9.17) is 0 Å². The fraction of sp³-hybridized carbons (Fsp3) is 0.381. The van der Waals surface area contributed by atoms with Gasteiger partial charge in [0, 0.05) is 19.3 Å². The lowest BCUT2D eigenvalue weighted by molar-refractivity contribution is 0.0672. The molecule has 1 atom stereocenters. The molecule has 0 bridgehead atoms. The molecule has 0 aliphatic rings. The van der Waals surface area contributed by atoms with Crippen molar-refractivity contribution in [2.75, 3.05) is 25.9 Å². The van der Waals surface area contributed by atoms with Crippen LogP contribution in [0.3, 0.4) is 0 Å². The first-order chi connectivity index (χ1) is 13.2. The van der Waals surface area contributed by atoms with E-state index in [0.29, 0.717) is 23.9 Å². The number of nitrogens with one attached hydrogen (secondary N) is 2. The van der Waals surface area contributed by atoms with E-state index in [0.717, 1.165) is 17.5 Å². The van der Waals surface area contributed by atoms with Crippen molar-refractivity contribution in [2.45, 2.75) is 30.8 Å². The van der Waals surface area contributed by atoms with E-state index >= 15 is 0 Å². The van der Waals surface area contributed by atoms with Crippen LogP contribution < -0.4 is 10.6 Å². The fourth-order valence-electron chi connectivity index (χ4n) is 2.69. The molecule has 0 saturated carbocycles. The van der Waals surface area contributed by atoms with Crippen LogP contribution in [0.1, 0.15) is 25.0 Å². The lowest BCUT2D eigenvalue weighted by Gasteiger charge is -2.22. The highest BCUT2D eigenvalue weighted by Gasteiger charge is 2.22. The zero-order valence-corrected chi connectivity index (χ0v) is 17.5. The zero-order valence-electron chi connectivity index (χ0n) is 16.6. The van der Waals surface area contributed by atoms with Crippen LogP contribution in [-0.2, 0) is 21.9 Å². The predicted molar refractivity (Wildman–Crippen MR) is 113 cm³/mol. The highest BCUT2D eigenvalue weighted by molar-refractivity contribution is 7.90. The van der Waals surface area contributed by atoms with Gasteiger partial charge in [-0.25, -0.2) is 13.4 Å². The number of aliphatic hydroxyl groups is 1. The molecule has 0 amide bonds. The summed E-state index contributed by atoms with van der Waals surface area (Å²) < 4.78 is 23.0. The Labute approximate surface area is 167 Å². The summed E-state index contributed by atoms with van der Waals surface area (Å²) in [7, 11) is -3.17. The highest BCUT2D eigenvalue weighted by atomic mass is 32.2. The molecule has 0 radical (unpaired) electrons. The summed E-state index contributed by atoms with van der Waals surface area (Å²) in [4.78, 5) is 4.83. The summed E-state index contributed by atoms with van der Waals surface area (Å²) in [5, 5.41) is 17.1. The molecule has 1 unspecified atom stereocenters. The number of benzene rings is 2. The molecule has 152 valence electrons. The number of sulfone groups is 1. The molecule has 2 rings (SSSR count). The molecule has 0 heterocycles. The molecular weight excluding hydrogens is 374 g/mol. The highest BCUT2D eigenvalue weighted by Crippen LogP contribution is 2.20. The molecule has 3 N–H and O–H groups in total. The minimum atomic E-state index is -3.17. The van der Waals surface area contributed by atoms with E-state index in [1.165, 1.54) is 6.26 Å². The monoisotopic (exact) mass is 403 g/mol. The SMILES string of the molecule is CCNC(=NCC(C)(O)c1ccccc1)NCCc1ccc(S(C)(=O)=O)cc1. The largest absolute Gasteiger partial charge is 0.384 e. The van der Waals surface area contributed by atoms with Gasteiger partial charge >= 0.3 is 0 Å². The van der Waals surface area contributed by atoms with Gasteiger partial charge in [-0.05, 0) is 43.5 Å². The summed E-state index contributed by atoms with van der Waals surface area (Å²) in [5.74, 6) is 0.631. The molecule has 0 fully saturated rings. The molecule has 6 nitrogen and oxygen atoms in total. The number of aliphatic imine (C=N–C) groups is 1. The van der Waals surface area contributed by atoms with Crippen molar-refractivity contribution in [3.8, 4) is 0 Å². The Kier molecular flexibility index (Phi) is 7.60. The molecule has 0 aliphatic heterocycles. The molecule has 0 aromatic heterocycles. The second kappa shape index (κ2) is 9.71. The third-order valence-electron chi connectivity index (χ3n) is 4.34. The normalized spacial score (nSPS) is 14.4. The van der Waals surface area contributed by atoms with Crippen LogP contribution in [0.2, 0.25) is 0 Å². The maximum Gasteiger partial charge on any atom is 0.191 e. The second-order valence-electron chi connectivity index (χ2n) is 6.93. The topological polar surface area (TPSA) is 90.8 Å². The number of rotatable bonds is 8. The standard InChI is InChI=1S/C21H29N3O3S/c1-4-22-20(24-16-21(2,25)18-8-6-5-7-9-18)23-15-14-17-10-12-19(13-11-17)28(3,26)27/h5-13,25H,4,14-16H2,1-3H3,(H2,22,23,24). The first-order valence-electron chi connectivity index (χ1n) is 9.31. The quantitative estimate of drug-likeness (QED) is 0.464. The maximum absolute atomic E-state index is 11.5. The van der Waals surface area contributed by atoms with Gasteiger partial charge < -0.3 is 15.7 Å². The molecule has 0 aliphatic carbocycles. The third kappa shape index (κ3) is 6.65. The van der Waals surface area contributed by atoms with Crippen LogP contribution in [0.15, 0.2) is 64.5 Å². The fourth-order valence-corrected chi connectivity index (χ4v) is 3.32. The van der Waals surface area contributed by atoms with Crippen molar-refractivity contribution in [1.29, 1.82) is 0 Å². The van der Waals surface area contributed by atoms with E-state index in [9.17, 15) is 13.5 Å². The van der Waals surface area contributed by atoms with Gasteiger partial charge in [0.05, 0.1) is 11.4 Å². The van der Waals surface area contributed by atoms with Gasteiger partial charge in [0.2, 0.25) is 0 Å². The van der Waals surface area contributed by atoms with Crippen molar-refractivity contribution in [1.82, 2.24) is 10.6 Å². The summed E-state index contributed by atoms with van der Waals surface area (Å²) in [6.07, 6.45) is 1.93. The van der Waals surface area contributed by atoms with Gasteiger partial charge in [-0.15, -0.1) is 0 Å². The number of guanidine groups is 1. The average Bonchev–Trinajstić information content (AvgIpc) is 2.66. The Morgan fingerprint density at radius 2 is 1.71 bits per heavy atom. The van der Waals surface area contributed by atoms with Gasteiger partial charge in [-0.3, -0.25) is 0 Å². The van der Waals surface area contributed by atoms with Crippen molar-refractivity contribution in [3.05, 3.63) is 65.7 Å². The van der Waals surface area contributed by atoms with Crippen molar-refractivity contribution in [3.63, 3.8) is 0 Å². The molecule has 2 aromatic carbocycles. The van der Waals surface area contributed by atoms with E-state index < -0.39 is 15.4 Å². The number of hydrogen-bond acceptors (Lipinski definition) is 4. The van der Waals surface area contributed by atoms with Gasteiger partial charge in [0.25, 0.3) is 0 Å². The Balaban J connectivity index is 1.94. The average molecular weight is 404 g/mol. The van der Waals surface area contributed by atoms with Crippen LogP contribution in [-0.4, -0.2) is 45.4 Å². The van der Waals surface area contributed by atoms with Gasteiger partial charge in [-0.1, -0.05) is 42.5 Å². The third-order valence-corrected chi connectivity index (χ3v) is 5.47. The molecule has 0 spiro atoms. The molecule has 0 saturated heterocycles. The van der Waals surface area contributed by atoms with Crippen molar-refractivity contribution in [2.24, 2.45) is 4.99 Å². The lowest BCUT2D eigenvalue weighted by atomic mass is 9.96. The van der Waals surface area contributed by atoms with Crippen LogP contribution in [0, 0.1) is 0 Å². The Bertz CT molecular complexity index is 877. The lowest BCUT2D eigenvalue weighted by Crippen LogP contribution is -2.39. The summed E-state index contributed by atoms with van der Waals surface area (Å²) in [6.45, 7) is 5.31. The predicted octanol–water partition coefficient (Wildman–Crippen LogP) is 2.10. The van der Waals surface area contributed by atoms with Gasteiger partial charge in [-0.2, -0.15) is 0 Å². The van der Waals surface area contributed by atoms with Crippen molar-refractivity contribution < 1.29 is 13.5 Å². The second-order valence-corrected chi connectivity index (χ2v) is 8.94. The maximum atomic E-state index is 11.5. The molecule has 7 heteroatoms. The van der Waals surface area contributed by atoms with Gasteiger partial charge in [0.1, 0.15) is 5.60 Å². The summed E-state index contributed by atoms with van der Waals surface area (Å²) in [5.41, 5.74) is 0.804. The van der Waals surface area contributed by atoms with Crippen LogP contribution >= 0.6 is 0 Å². The first kappa shape index (κ1) is 21.9. The van der Waals surface area contributed by atoms with Crippen LogP contribution in [0.25, 0.3) is 0 Å². The van der Waals surface area contributed by atoms with Crippen molar-refractivity contribution >= 4 is 15.8 Å². The Hall–Kier alpha value is -2.38. The zero-order chi connectivity index (χ0) is 20.6. The summed E-state index contributed by atoms with van der Waals surface area (Å²) in [6, 6.07) is 16.4. The molecular formula is C21H29N3O3S. The van der Waals surface area contributed by atoms with Crippen LogP contribution in [0.5, 0.6) is 0 Å². The van der Waals surface area contributed by atoms with E-state index in [1.54, 1.807) is 19.1 Å². The minimum absolute atomic E-state index is 0.232. The van der Waals surface area contributed by atoms with Crippen LogP contribution in [0.4, 0.5) is 0 Å². The van der Waals surface area contributed by atoms with E-state index in [-0.39, 0.29) is 6.54 Å². The summed E-state index contributed by atoms with van der Waals surface area (Å²) >= 11 is 0. The Morgan fingerprint density at radius 1 is 1.07 bits per heavy atom. The number of hydrogen-bond donors (Lipinski definition) is 3. The van der Waals surface area contributed by atoms with E-state index in [2.05, 4.69) is 15.6 Å². The smallest absolute Gasteiger partial charge is 0.191 e. The molecule has 28 heavy (non-hydrogen) atoms. The molecule has 2 aromatic rings.